The van der Waals surface area contributed by atoms with Crippen LogP contribution in [0.15, 0.2) is 52.6 Å². The van der Waals surface area contributed by atoms with E-state index in [2.05, 4.69) is 71.9 Å². The minimum absolute atomic E-state index is 0. The molecule has 0 unspecified atom stereocenters. The number of unbranched alkanes of at least 4 members (excludes halogenated alkanes) is 15. The van der Waals surface area contributed by atoms with Crippen LogP contribution in [0.2, 0.25) is 8.45 Å². The predicted octanol–water partition coefficient (Wildman–Crippen LogP) is 1.57. The van der Waals surface area contributed by atoms with E-state index in [1.54, 1.807) is 32.2 Å². The van der Waals surface area contributed by atoms with Crippen molar-refractivity contribution in [2.24, 2.45) is 0 Å². The van der Waals surface area contributed by atoms with Crippen LogP contribution in [-0.4, -0.2) is 7.39 Å². The summed E-state index contributed by atoms with van der Waals surface area (Å²) in [5, 5.41) is 1.72. The van der Waals surface area contributed by atoms with Gasteiger partial charge in [-0.15, -0.1) is 0 Å². The van der Waals surface area contributed by atoms with Gasteiger partial charge in [0.15, 0.2) is 0 Å². The molecule has 0 spiro atoms. The Hall–Kier alpha value is 0.501. The molecular formula is C34H59Cl3SiTi. The van der Waals surface area contributed by atoms with Gasteiger partial charge in [-0.05, 0) is 0 Å². The van der Waals surface area contributed by atoms with Gasteiger partial charge in [-0.3, -0.25) is 0 Å². The Labute approximate surface area is 270 Å². The van der Waals surface area contributed by atoms with E-state index in [9.17, 15) is 0 Å². The molecule has 0 nitrogen and oxygen atoms in total. The van der Waals surface area contributed by atoms with Crippen molar-refractivity contribution in [2.45, 2.75) is 153 Å². The van der Waals surface area contributed by atoms with E-state index in [-0.39, 0.29) is 44.6 Å². The third-order valence-corrected chi connectivity index (χ3v) is 24.0. The molecule has 0 amide bonds. The molecular weight excluding hydrogens is 591 g/mol. The van der Waals surface area contributed by atoms with E-state index in [0.717, 1.165) is 0 Å². The van der Waals surface area contributed by atoms with Crippen LogP contribution in [0.5, 0.6) is 0 Å². The van der Waals surface area contributed by atoms with Crippen LogP contribution in [0, 0.1) is 0 Å². The molecule has 0 saturated heterocycles. The summed E-state index contributed by atoms with van der Waals surface area (Å²) in [6, 6.07) is 11.6. The molecule has 5 heteroatoms. The third-order valence-electron chi connectivity index (χ3n) is 9.49. The van der Waals surface area contributed by atoms with Crippen LogP contribution in [0.25, 0.3) is 0 Å². The fourth-order valence-electron chi connectivity index (χ4n) is 6.37. The van der Waals surface area contributed by atoms with E-state index >= 15 is 0 Å². The molecule has 224 valence electrons. The molecule has 1 aromatic rings. The van der Waals surface area contributed by atoms with Crippen molar-refractivity contribution in [3.63, 3.8) is 0 Å². The second-order valence-corrected chi connectivity index (χ2v) is 22.5. The Morgan fingerprint density at radius 2 is 0.923 bits per heavy atom. The van der Waals surface area contributed by atoms with Gasteiger partial charge in [0.05, 0.1) is 0 Å². The van der Waals surface area contributed by atoms with Gasteiger partial charge >= 0.3 is 196 Å². The van der Waals surface area contributed by atoms with Crippen LogP contribution in [-0.2, 0) is 17.1 Å². The zero-order valence-corrected chi connectivity index (χ0v) is 31.5. The number of halogens is 3. The smallest absolute Gasteiger partial charge is 1.00 e. The molecule has 0 aliphatic heterocycles. The molecule has 0 aromatic heterocycles. The summed E-state index contributed by atoms with van der Waals surface area (Å²) >= 11 is -1.23. The summed E-state index contributed by atoms with van der Waals surface area (Å²) in [7, 11) is -0.160. The summed E-state index contributed by atoms with van der Waals surface area (Å²) in [4.78, 5) is 0. The second kappa shape index (κ2) is 24.0. The minimum Gasteiger partial charge on any atom is -1.00 e. The van der Waals surface area contributed by atoms with Gasteiger partial charge in [0.2, 0.25) is 0 Å². The SMILES string of the molecule is CCCCCCCCCCCCCCCCC[CH2][Ti+3]([SiH2]c1ccccc1)[C]1(C)C(C)=C(C)C(C)=C1C.[Cl-].[Cl-].[Cl-]. The summed E-state index contributed by atoms with van der Waals surface area (Å²) in [5.74, 6) is 0. The maximum Gasteiger partial charge on any atom is -1.00 e. The first kappa shape index (κ1) is 41.6. The molecule has 0 radical (unpaired) electrons. The van der Waals surface area contributed by atoms with Crippen molar-refractivity contribution >= 4 is 12.6 Å². The van der Waals surface area contributed by atoms with Crippen LogP contribution >= 0.6 is 0 Å². The zero-order valence-electron chi connectivity index (χ0n) is 26.2. The van der Waals surface area contributed by atoms with Gasteiger partial charge < -0.3 is 37.2 Å². The second-order valence-electron chi connectivity index (χ2n) is 11.9. The molecule has 0 N–H and O–H groups in total. The standard InChI is InChI=1S/C18H37.C10H15.C6H7Si.3ClH.Ti/c1-3-5-7-9-11-13-15-17-18-16-14-12-10-8-6-4-2;1-6-7(2)9(4)10(5)8(6)3;7-6-4-2-1-3-5-6;;;;/h1,3-18H2,2H3;1-5H3;1-5H,7H2;3*1H;/q;;;;;;+3/p-3. The van der Waals surface area contributed by atoms with Crippen LogP contribution < -0.4 is 42.4 Å². The molecule has 0 bridgehead atoms. The normalized spacial score (nSPS) is 14.2. The van der Waals surface area contributed by atoms with Crippen LogP contribution in [0.3, 0.4) is 0 Å². The quantitative estimate of drug-likeness (QED) is 0.149. The summed E-state index contributed by atoms with van der Waals surface area (Å²) in [6.45, 7) is 14.7. The molecule has 1 aliphatic rings. The van der Waals surface area contributed by atoms with E-state index in [4.69, 9.17) is 0 Å². The Morgan fingerprint density at radius 1 is 0.564 bits per heavy atom. The number of hydrogen-bond donors (Lipinski definition) is 0. The first-order valence-electron chi connectivity index (χ1n) is 15.7. The zero-order chi connectivity index (χ0) is 26.2. The number of hydrogen-bond acceptors (Lipinski definition) is 0. The summed E-state index contributed by atoms with van der Waals surface area (Å²) in [5.41, 5.74) is 6.67. The van der Waals surface area contributed by atoms with Gasteiger partial charge in [-0.1, -0.05) is 39.0 Å². The van der Waals surface area contributed by atoms with Gasteiger partial charge in [-0.25, -0.2) is 0 Å². The number of benzene rings is 1. The van der Waals surface area contributed by atoms with Gasteiger partial charge in [-0.2, -0.15) is 0 Å². The topological polar surface area (TPSA) is 0 Å². The van der Waals surface area contributed by atoms with Gasteiger partial charge in [0.25, 0.3) is 0 Å². The Balaban J connectivity index is 0. The fraction of sp³-hybridized carbons (Fsp3) is 0.706. The Morgan fingerprint density at radius 3 is 1.31 bits per heavy atom. The number of allylic oxidation sites excluding steroid dienone is 4. The molecule has 1 aromatic carbocycles. The average molecular weight is 650 g/mol. The van der Waals surface area contributed by atoms with Crippen LogP contribution in [0.1, 0.15) is 144 Å². The van der Waals surface area contributed by atoms with Crippen LogP contribution in [0.4, 0.5) is 0 Å². The molecule has 0 heterocycles. The third kappa shape index (κ3) is 14.0. The molecule has 0 saturated carbocycles. The first-order chi connectivity index (χ1) is 17.4. The average Bonchev–Trinajstić information content (AvgIpc) is 3.04. The Bertz CT molecular complexity index is 782. The molecule has 39 heavy (non-hydrogen) atoms. The Kier molecular flexibility index (Phi) is 25.6. The molecule has 0 atom stereocenters. The van der Waals surface area contributed by atoms with E-state index in [1.165, 1.54) is 103 Å². The maximum absolute atomic E-state index is 2.65. The van der Waals surface area contributed by atoms with Crippen molar-refractivity contribution < 1.29 is 54.3 Å². The predicted molar refractivity (Wildman–Crippen MR) is 164 cm³/mol. The van der Waals surface area contributed by atoms with Crippen molar-refractivity contribution in [3.8, 4) is 0 Å². The minimum atomic E-state index is -1.23. The largest absolute Gasteiger partial charge is 1.00 e. The fourth-order valence-corrected chi connectivity index (χ4v) is 21.1. The maximum atomic E-state index is 2.65. The molecule has 0 fully saturated rings. The van der Waals surface area contributed by atoms with E-state index in [0.29, 0.717) is 3.72 Å². The molecule has 2 rings (SSSR count). The summed E-state index contributed by atoms with van der Waals surface area (Å²) in [6.07, 6.45) is 23.4. The molecule has 1 aliphatic carbocycles. The summed E-state index contributed by atoms with van der Waals surface area (Å²) < 4.78 is 2.02. The van der Waals surface area contributed by atoms with E-state index in [1.807, 2.05) is 0 Å². The van der Waals surface area contributed by atoms with Crippen molar-refractivity contribution in [1.29, 1.82) is 0 Å². The van der Waals surface area contributed by atoms with Gasteiger partial charge in [0.1, 0.15) is 0 Å². The van der Waals surface area contributed by atoms with E-state index < -0.39 is 17.1 Å². The number of rotatable bonds is 20. The van der Waals surface area contributed by atoms with Gasteiger partial charge in [0, 0.05) is 0 Å². The first-order valence-corrected chi connectivity index (χ1v) is 22.3. The van der Waals surface area contributed by atoms with Crippen molar-refractivity contribution in [1.82, 2.24) is 0 Å². The monoisotopic (exact) mass is 648 g/mol. The van der Waals surface area contributed by atoms with Crippen molar-refractivity contribution in [2.75, 3.05) is 0 Å². The van der Waals surface area contributed by atoms with Crippen molar-refractivity contribution in [3.05, 3.63) is 52.6 Å².